The Labute approximate surface area is 85.4 Å². The molecule has 0 aromatic carbocycles. The van der Waals surface area contributed by atoms with Crippen LogP contribution in [0.2, 0.25) is 0 Å². The molecule has 0 spiro atoms. The molecule has 3 N–H and O–H groups in total. The summed E-state index contributed by atoms with van der Waals surface area (Å²) < 4.78 is 0. The van der Waals surface area contributed by atoms with Crippen LogP contribution in [0.3, 0.4) is 0 Å². The first-order valence-electron chi connectivity index (χ1n) is 3.85. The van der Waals surface area contributed by atoms with Gasteiger partial charge in [-0.2, -0.15) is 0 Å². The first-order chi connectivity index (χ1) is 6.58. The number of thiocarbonyl (C=S) groups is 1. The van der Waals surface area contributed by atoms with E-state index in [-0.39, 0.29) is 5.70 Å². The van der Waals surface area contributed by atoms with Gasteiger partial charge in [-0.1, -0.05) is 12.2 Å². The van der Waals surface area contributed by atoms with Crippen molar-refractivity contribution in [2.24, 2.45) is 0 Å². The number of nitrogens with one attached hydrogen (secondary N) is 2. The van der Waals surface area contributed by atoms with Gasteiger partial charge in [0.25, 0.3) is 0 Å². The lowest BCUT2D eigenvalue weighted by Gasteiger charge is -2.26. The van der Waals surface area contributed by atoms with Gasteiger partial charge in [-0.05, 0) is 0 Å². The van der Waals surface area contributed by atoms with Gasteiger partial charge in [-0.15, -0.1) is 5.53 Å². The highest BCUT2D eigenvalue weighted by Gasteiger charge is 2.28. The largest absolute Gasteiger partial charge is 0.477 e. The summed E-state index contributed by atoms with van der Waals surface area (Å²) in [5, 5.41) is 14.8. The number of rotatable bonds is 1. The molecule has 0 saturated heterocycles. The summed E-state index contributed by atoms with van der Waals surface area (Å²) in [6.45, 7) is 0. The molecule has 0 saturated carbocycles. The third-order valence-electron chi connectivity index (χ3n) is 1.80. The van der Waals surface area contributed by atoms with E-state index < -0.39 is 5.97 Å². The Kier molecular flexibility index (Phi) is 1.90. The lowest BCUT2D eigenvalue weighted by Crippen LogP contribution is -2.47. The Morgan fingerprint density at radius 2 is 2.36 bits per heavy atom. The maximum absolute atomic E-state index is 10.7. The molecule has 2 heterocycles. The quantitative estimate of drug-likeness (QED) is 0.499. The average molecular weight is 212 g/mol. The zero-order valence-electron chi connectivity index (χ0n) is 7.31. The molecule has 0 radical (unpaired) electrons. The number of carbonyl (C=O) groups is 1. The zero-order valence-corrected chi connectivity index (χ0v) is 8.13. The number of carboxylic acids is 1. The minimum Gasteiger partial charge on any atom is -0.477 e. The molecular weight excluding hydrogens is 204 g/mol. The Balaban J connectivity index is 2.31. The van der Waals surface area contributed by atoms with Gasteiger partial charge in [0.15, 0.2) is 0 Å². The summed E-state index contributed by atoms with van der Waals surface area (Å²) in [7, 11) is 1.79. The van der Waals surface area contributed by atoms with Crippen molar-refractivity contribution in [3.8, 4) is 0 Å². The van der Waals surface area contributed by atoms with Crippen LogP contribution in [0.1, 0.15) is 0 Å². The second-order valence-electron chi connectivity index (χ2n) is 2.89. The number of hydrazine groups is 2. The summed E-state index contributed by atoms with van der Waals surface area (Å²) in [5.74, 6) is -0.417. The highest BCUT2D eigenvalue weighted by atomic mass is 32.1. The van der Waals surface area contributed by atoms with Gasteiger partial charge < -0.3 is 10.4 Å². The van der Waals surface area contributed by atoms with E-state index in [0.29, 0.717) is 10.8 Å². The number of nitrogens with zero attached hydrogens (tertiary/aromatic N) is 2. The van der Waals surface area contributed by atoms with Crippen molar-refractivity contribution in [1.82, 2.24) is 20.9 Å². The summed E-state index contributed by atoms with van der Waals surface area (Å²) in [5.41, 5.74) is 2.98. The van der Waals surface area contributed by atoms with Crippen LogP contribution in [-0.2, 0) is 4.79 Å². The topological polar surface area (TPSA) is 67.8 Å². The summed E-state index contributed by atoms with van der Waals surface area (Å²) >= 11 is 5.01. The van der Waals surface area contributed by atoms with Crippen LogP contribution in [0.25, 0.3) is 0 Å². The van der Waals surface area contributed by atoms with Crippen molar-refractivity contribution < 1.29 is 9.90 Å². The average Bonchev–Trinajstić information content (AvgIpc) is 2.45. The Morgan fingerprint density at radius 1 is 1.64 bits per heavy atom. The molecule has 2 aliphatic rings. The fourth-order valence-corrected chi connectivity index (χ4v) is 1.47. The van der Waals surface area contributed by atoms with E-state index in [1.165, 1.54) is 6.08 Å². The van der Waals surface area contributed by atoms with Gasteiger partial charge in [0, 0.05) is 13.1 Å². The molecule has 0 bridgehead atoms. The van der Waals surface area contributed by atoms with Gasteiger partial charge in [0.1, 0.15) is 16.5 Å². The molecule has 74 valence electrons. The molecule has 14 heavy (non-hydrogen) atoms. The van der Waals surface area contributed by atoms with E-state index in [0.717, 1.165) is 0 Å². The predicted molar refractivity (Wildman–Crippen MR) is 52.3 cm³/mol. The van der Waals surface area contributed by atoms with Crippen LogP contribution >= 0.6 is 12.2 Å². The third kappa shape index (κ3) is 1.32. The predicted octanol–water partition coefficient (Wildman–Crippen LogP) is -0.649. The van der Waals surface area contributed by atoms with Crippen molar-refractivity contribution >= 4 is 23.2 Å². The van der Waals surface area contributed by atoms with E-state index in [9.17, 15) is 4.79 Å². The van der Waals surface area contributed by atoms with Crippen LogP contribution in [0.15, 0.2) is 23.8 Å². The minimum atomic E-state index is -1.03. The van der Waals surface area contributed by atoms with Crippen LogP contribution in [0.5, 0.6) is 0 Å². The molecule has 0 aromatic heterocycles. The highest BCUT2D eigenvalue weighted by molar-refractivity contribution is 7.80. The summed E-state index contributed by atoms with van der Waals surface area (Å²) in [4.78, 5) is 11.1. The van der Waals surface area contributed by atoms with Crippen molar-refractivity contribution in [3.63, 3.8) is 0 Å². The van der Waals surface area contributed by atoms with Gasteiger partial charge >= 0.3 is 5.97 Å². The van der Waals surface area contributed by atoms with Gasteiger partial charge in [-0.3, -0.25) is 5.01 Å². The molecule has 0 aromatic rings. The number of carboxylic acid groups (broad SMARTS) is 1. The maximum atomic E-state index is 10.7. The third-order valence-corrected chi connectivity index (χ3v) is 2.10. The lowest BCUT2D eigenvalue weighted by atomic mass is 10.3. The molecule has 7 heteroatoms. The molecule has 2 aliphatic heterocycles. The van der Waals surface area contributed by atoms with E-state index in [1.54, 1.807) is 23.3 Å². The Bertz CT molecular complexity index is 376. The number of fused-ring (bicyclic) bond motifs is 1. The molecule has 0 amide bonds. The Hall–Kier alpha value is -1.60. The molecule has 6 nitrogen and oxygen atoms in total. The first-order valence-corrected chi connectivity index (χ1v) is 4.26. The summed E-state index contributed by atoms with van der Waals surface area (Å²) in [6.07, 6.45) is 3.10. The normalized spacial score (nSPS) is 19.9. The molecular formula is C7H8N4O2S. The SMILES string of the molecule is CN1C=C2NC(C(=O)O)=CC(=S)N2N1. The second-order valence-corrected chi connectivity index (χ2v) is 3.31. The fraction of sp³-hybridized carbons (Fsp3) is 0.143. The number of hydrogen-bond acceptors (Lipinski definition) is 5. The molecule has 2 rings (SSSR count). The fourth-order valence-electron chi connectivity index (χ4n) is 1.22. The second kappa shape index (κ2) is 2.96. The van der Waals surface area contributed by atoms with E-state index in [2.05, 4.69) is 10.9 Å². The molecule has 0 fully saturated rings. The highest BCUT2D eigenvalue weighted by Crippen LogP contribution is 2.15. The van der Waals surface area contributed by atoms with Gasteiger partial charge in [0.2, 0.25) is 0 Å². The maximum Gasteiger partial charge on any atom is 0.352 e. The van der Waals surface area contributed by atoms with Gasteiger partial charge in [0.05, 0.1) is 6.20 Å². The lowest BCUT2D eigenvalue weighted by molar-refractivity contribution is -0.133. The number of hydrogen-bond donors (Lipinski definition) is 3. The zero-order chi connectivity index (χ0) is 10.3. The molecule has 0 aliphatic carbocycles. The Morgan fingerprint density at radius 3 is 3.00 bits per heavy atom. The van der Waals surface area contributed by atoms with Gasteiger partial charge in [-0.25, -0.2) is 9.80 Å². The van der Waals surface area contributed by atoms with Crippen LogP contribution in [-0.4, -0.2) is 33.1 Å². The minimum absolute atomic E-state index is 0.0783. The molecule has 0 atom stereocenters. The van der Waals surface area contributed by atoms with Crippen molar-refractivity contribution in [3.05, 3.63) is 23.8 Å². The smallest absolute Gasteiger partial charge is 0.352 e. The standard InChI is InChI=1S/C7H8N4O2S/c1-10-3-5-8-4(7(12)13)2-6(14)11(5)9-10/h2-3,8-9H,1H3,(H,12,13). The monoisotopic (exact) mass is 212 g/mol. The first kappa shape index (κ1) is 8.97. The van der Waals surface area contributed by atoms with Crippen molar-refractivity contribution in [2.75, 3.05) is 7.05 Å². The van der Waals surface area contributed by atoms with Crippen LogP contribution in [0, 0.1) is 0 Å². The van der Waals surface area contributed by atoms with Crippen LogP contribution < -0.4 is 10.9 Å². The van der Waals surface area contributed by atoms with Crippen LogP contribution in [0.4, 0.5) is 0 Å². The van der Waals surface area contributed by atoms with E-state index >= 15 is 0 Å². The molecule has 0 unspecified atom stereocenters. The van der Waals surface area contributed by atoms with Crippen molar-refractivity contribution in [2.45, 2.75) is 0 Å². The summed E-state index contributed by atoms with van der Waals surface area (Å²) in [6, 6.07) is 0. The number of aliphatic carboxylic acids is 1. The van der Waals surface area contributed by atoms with Crippen molar-refractivity contribution in [1.29, 1.82) is 0 Å². The van der Waals surface area contributed by atoms with E-state index in [1.807, 2.05) is 0 Å². The van der Waals surface area contributed by atoms with E-state index in [4.69, 9.17) is 17.3 Å².